The average molecular weight is 733 g/mol. The summed E-state index contributed by atoms with van der Waals surface area (Å²) < 4.78 is 0. The first-order valence-electron chi connectivity index (χ1n) is 20.0. The molecule has 0 saturated heterocycles. The quantitative estimate of drug-likeness (QED) is 0.168. The van der Waals surface area contributed by atoms with E-state index in [1.807, 2.05) is 18.5 Å². The van der Waals surface area contributed by atoms with Crippen molar-refractivity contribution in [1.29, 1.82) is 0 Å². The molecule has 2 heterocycles. The second kappa shape index (κ2) is 11.9. The molecule has 2 nitrogen and oxygen atoms in total. The lowest BCUT2D eigenvalue weighted by Crippen LogP contribution is -1.91. The number of hydrogen-bond acceptors (Lipinski definition) is 2. The fraction of sp³-hybridized carbons (Fsp3) is 0. The van der Waals surface area contributed by atoms with Gasteiger partial charge in [0.15, 0.2) is 0 Å². The standard InChI is InChI=1S/C56H32N2/c1-3-14-44-42(12-1)48-18-6-16-46-39(22-24-50(44)53(46)48)37-30-36(31-38(32-37)40-23-25-51-45-15-4-2-13-43(45)49-19-7-17-47(40)54(49)51)34-9-5-10-35(29-34)41-26-28-58-56-52(41)21-20-33-11-8-27-57-55(33)56/h1-32H. The van der Waals surface area contributed by atoms with Crippen molar-refractivity contribution >= 4 is 43.4 Å². The number of benzene rings is 9. The van der Waals surface area contributed by atoms with Crippen molar-refractivity contribution in [2.24, 2.45) is 0 Å². The normalized spacial score (nSPS) is 12.1. The Labute approximate surface area is 335 Å². The van der Waals surface area contributed by atoms with Crippen LogP contribution in [0.15, 0.2) is 194 Å². The van der Waals surface area contributed by atoms with Crippen LogP contribution in [0.4, 0.5) is 0 Å². The van der Waals surface area contributed by atoms with Crippen LogP contribution in [-0.2, 0) is 0 Å². The molecule has 0 aliphatic heterocycles. The zero-order chi connectivity index (χ0) is 37.9. The lowest BCUT2D eigenvalue weighted by Gasteiger charge is -2.16. The van der Waals surface area contributed by atoms with Crippen LogP contribution < -0.4 is 0 Å². The molecule has 2 aromatic heterocycles. The smallest absolute Gasteiger partial charge is 0.0970 e. The van der Waals surface area contributed by atoms with Gasteiger partial charge in [-0.1, -0.05) is 146 Å². The van der Waals surface area contributed by atoms with E-state index >= 15 is 0 Å². The van der Waals surface area contributed by atoms with Gasteiger partial charge in [-0.15, -0.1) is 0 Å². The van der Waals surface area contributed by atoms with E-state index in [0.29, 0.717) is 0 Å². The van der Waals surface area contributed by atoms with Gasteiger partial charge in [-0.25, -0.2) is 0 Å². The van der Waals surface area contributed by atoms with Crippen LogP contribution in [0.3, 0.4) is 0 Å². The highest BCUT2D eigenvalue weighted by Gasteiger charge is 2.25. The maximum atomic E-state index is 4.81. The van der Waals surface area contributed by atoms with E-state index in [9.17, 15) is 0 Å². The van der Waals surface area contributed by atoms with Crippen LogP contribution >= 0.6 is 0 Å². The minimum atomic E-state index is 0.925. The molecule has 2 heteroatoms. The number of hydrogen-bond donors (Lipinski definition) is 0. The summed E-state index contributed by atoms with van der Waals surface area (Å²) in [6, 6.07) is 67.4. The minimum absolute atomic E-state index is 0.925. The van der Waals surface area contributed by atoms with E-state index in [1.165, 1.54) is 99.4 Å². The fourth-order valence-corrected chi connectivity index (χ4v) is 10.1. The molecule has 9 aromatic carbocycles. The molecular formula is C56H32N2. The number of fused-ring (bicyclic) bond motifs is 9. The molecule has 11 aromatic rings. The maximum absolute atomic E-state index is 4.81. The van der Waals surface area contributed by atoms with Crippen molar-refractivity contribution in [3.05, 3.63) is 194 Å². The molecule has 13 rings (SSSR count). The molecule has 0 bridgehead atoms. The first-order valence-corrected chi connectivity index (χ1v) is 20.0. The van der Waals surface area contributed by atoms with Gasteiger partial charge in [0.2, 0.25) is 0 Å². The molecule has 2 aliphatic carbocycles. The summed E-state index contributed by atoms with van der Waals surface area (Å²) in [5.74, 6) is 0. The summed E-state index contributed by atoms with van der Waals surface area (Å²) in [4.78, 5) is 9.53. The Bertz CT molecular complexity index is 3360. The summed E-state index contributed by atoms with van der Waals surface area (Å²) in [6.45, 7) is 0. The van der Waals surface area contributed by atoms with Crippen molar-refractivity contribution in [1.82, 2.24) is 9.97 Å². The average Bonchev–Trinajstić information content (AvgIpc) is 3.80. The molecule has 0 atom stereocenters. The fourth-order valence-electron chi connectivity index (χ4n) is 10.1. The van der Waals surface area contributed by atoms with E-state index < -0.39 is 0 Å². The Morgan fingerprint density at radius 3 is 1.36 bits per heavy atom. The van der Waals surface area contributed by atoms with Crippen LogP contribution in [0.5, 0.6) is 0 Å². The number of pyridine rings is 2. The summed E-state index contributed by atoms with van der Waals surface area (Å²) >= 11 is 0. The predicted molar refractivity (Wildman–Crippen MR) is 243 cm³/mol. The number of nitrogens with zero attached hydrogens (tertiary/aromatic N) is 2. The SMILES string of the molecule is c1cc(-c2cc(-c3ccc4c5c(cccc35)-c3ccccc3-4)cc(-c3ccc4c5c(cccc35)-c3ccccc3-4)c2)cc(-c2ccnc3c2ccc2cccnc23)c1. The van der Waals surface area contributed by atoms with E-state index in [2.05, 4.69) is 176 Å². The third-order valence-corrected chi connectivity index (χ3v) is 12.6. The van der Waals surface area contributed by atoms with E-state index in [0.717, 1.165) is 32.9 Å². The van der Waals surface area contributed by atoms with Crippen molar-refractivity contribution in [2.75, 3.05) is 0 Å². The van der Waals surface area contributed by atoms with E-state index in [4.69, 9.17) is 9.97 Å². The van der Waals surface area contributed by atoms with Gasteiger partial charge in [-0.3, -0.25) is 9.97 Å². The molecule has 266 valence electrons. The summed E-state index contributed by atoms with van der Waals surface area (Å²) in [5, 5.41) is 7.43. The first kappa shape index (κ1) is 31.5. The number of rotatable bonds is 4. The van der Waals surface area contributed by atoms with Crippen LogP contribution in [0.25, 0.3) is 132 Å². The van der Waals surface area contributed by atoms with Gasteiger partial charge in [-0.2, -0.15) is 0 Å². The Hall–Kier alpha value is -7.68. The predicted octanol–water partition coefficient (Wildman–Crippen LogP) is 15.1. The lowest BCUT2D eigenvalue weighted by atomic mass is 9.87. The zero-order valence-corrected chi connectivity index (χ0v) is 31.4. The minimum Gasteiger partial charge on any atom is -0.254 e. The first-order chi connectivity index (χ1) is 28.8. The van der Waals surface area contributed by atoms with Crippen LogP contribution in [0.2, 0.25) is 0 Å². The third-order valence-electron chi connectivity index (χ3n) is 12.6. The number of aromatic nitrogens is 2. The second-order valence-corrected chi connectivity index (χ2v) is 15.6. The third kappa shape index (κ3) is 4.43. The Morgan fingerprint density at radius 2 is 0.724 bits per heavy atom. The highest BCUT2D eigenvalue weighted by atomic mass is 14.7. The van der Waals surface area contributed by atoms with Gasteiger partial charge >= 0.3 is 0 Å². The summed E-state index contributed by atoms with van der Waals surface area (Å²) in [5.41, 5.74) is 21.9. The van der Waals surface area contributed by atoms with Gasteiger partial charge in [0.25, 0.3) is 0 Å². The Balaban J connectivity index is 1.04. The van der Waals surface area contributed by atoms with Gasteiger partial charge in [0.1, 0.15) is 0 Å². The molecule has 0 N–H and O–H groups in total. The molecule has 0 radical (unpaired) electrons. The van der Waals surface area contributed by atoms with E-state index in [-0.39, 0.29) is 0 Å². The van der Waals surface area contributed by atoms with E-state index in [1.54, 1.807) is 0 Å². The topological polar surface area (TPSA) is 25.8 Å². The van der Waals surface area contributed by atoms with Gasteiger partial charge in [0, 0.05) is 23.2 Å². The summed E-state index contributed by atoms with van der Waals surface area (Å²) in [7, 11) is 0. The molecule has 0 saturated carbocycles. The van der Waals surface area contributed by atoms with Gasteiger partial charge in [0.05, 0.1) is 11.0 Å². The molecule has 0 unspecified atom stereocenters. The van der Waals surface area contributed by atoms with Crippen LogP contribution in [0, 0.1) is 0 Å². The maximum Gasteiger partial charge on any atom is 0.0970 e. The molecule has 0 spiro atoms. The van der Waals surface area contributed by atoms with Crippen molar-refractivity contribution in [3.63, 3.8) is 0 Å². The Morgan fingerprint density at radius 1 is 0.241 bits per heavy atom. The van der Waals surface area contributed by atoms with Crippen molar-refractivity contribution in [3.8, 4) is 89.0 Å². The highest BCUT2D eigenvalue weighted by Crippen LogP contribution is 2.52. The largest absolute Gasteiger partial charge is 0.254 e. The summed E-state index contributed by atoms with van der Waals surface area (Å²) in [6.07, 6.45) is 3.77. The molecule has 58 heavy (non-hydrogen) atoms. The highest BCUT2D eigenvalue weighted by molar-refractivity contribution is 6.20. The van der Waals surface area contributed by atoms with Gasteiger partial charge in [-0.05, 0) is 147 Å². The van der Waals surface area contributed by atoms with Crippen LogP contribution in [-0.4, -0.2) is 9.97 Å². The molecular weight excluding hydrogens is 701 g/mol. The second-order valence-electron chi connectivity index (χ2n) is 15.6. The van der Waals surface area contributed by atoms with Crippen molar-refractivity contribution in [2.45, 2.75) is 0 Å². The van der Waals surface area contributed by atoms with Crippen LogP contribution in [0.1, 0.15) is 0 Å². The van der Waals surface area contributed by atoms with Gasteiger partial charge < -0.3 is 0 Å². The monoisotopic (exact) mass is 732 g/mol. The molecule has 0 amide bonds. The van der Waals surface area contributed by atoms with Crippen molar-refractivity contribution < 1.29 is 0 Å². The lowest BCUT2D eigenvalue weighted by molar-refractivity contribution is 1.37. The zero-order valence-electron chi connectivity index (χ0n) is 31.4. The Kier molecular flexibility index (Phi) is 6.47. The molecule has 2 aliphatic rings. The molecule has 0 fully saturated rings.